The zero-order valence-electron chi connectivity index (χ0n) is 16.8. The number of carbonyl (C=O) groups excluding carboxylic acids is 2. The number of amides is 2. The summed E-state index contributed by atoms with van der Waals surface area (Å²) in [6.07, 6.45) is 0. The van der Waals surface area contributed by atoms with Crippen LogP contribution < -0.4 is 14.5 Å². The number of para-hydroxylation sites is 1. The van der Waals surface area contributed by atoms with Crippen LogP contribution in [0.25, 0.3) is 5.57 Å². The highest BCUT2D eigenvalue weighted by molar-refractivity contribution is 6.47. The van der Waals surface area contributed by atoms with Gasteiger partial charge in [0.25, 0.3) is 11.8 Å². The summed E-state index contributed by atoms with van der Waals surface area (Å²) in [7, 11) is 3.32. The molecule has 0 saturated carbocycles. The van der Waals surface area contributed by atoms with Crippen LogP contribution in [0.3, 0.4) is 0 Å². The van der Waals surface area contributed by atoms with Crippen LogP contribution in [0.1, 0.15) is 5.56 Å². The number of hydrogen-bond donors (Lipinski definition) is 0. The highest BCUT2D eigenvalue weighted by Gasteiger charge is 2.42. The van der Waals surface area contributed by atoms with Gasteiger partial charge in [0.05, 0.1) is 18.4 Å². The van der Waals surface area contributed by atoms with E-state index in [4.69, 9.17) is 27.9 Å². The minimum atomic E-state index is -0.458. The molecule has 7 heteroatoms. The van der Waals surface area contributed by atoms with Gasteiger partial charge in [-0.05, 0) is 48.0 Å². The first-order valence-electron chi connectivity index (χ1n) is 9.43. The van der Waals surface area contributed by atoms with Gasteiger partial charge in [0.15, 0.2) is 0 Å². The lowest BCUT2D eigenvalue weighted by Crippen LogP contribution is -2.34. The van der Waals surface area contributed by atoms with Crippen molar-refractivity contribution in [1.82, 2.24) is 0 Å². The summed E-state index contributed by atoms with van der Waals surface area (Å²) in [6, 6.07) is 21.0. The fourth-order valence-corrected chi connectivity index (χ4v) is 4.05. The van der Waals surface area contributed by atoms with Crippen LogP contribution in [0.15, 0.2) is 78.5 Å². The lowest BCUT2D eigenvalue weighted by molar-refractivity contribution is -0.120. The predicted molar refractivity (Wildman–Crippen MR) is 124 cm³/mol. The Kier molecular flexibility index (Phi) is 5.72. The third kappa shape index (κ3) is 3.90. The summed E-state index contributed by atoms with van der Waals surface area (Å²) in [4.78, 5) is 29.9. The van der Waals surface area contributed by atoms with Gasteiger partial charge in [-0.15, -0.1) is 0 Å². The highest BCUT2D eigenvalue weighted by Crippen LogP contribution is 2.38. The highest BCUT2D eigenvalue weighted by atomic mass is 35.5. The van der Waals surface area contributed by atoms with Crippen LogP contribution in [0.2, 0.25) is 10.0 Å². The third-order valence-corrected chi connectivity index (χ3v) is 5.46. The molecule has 31 heavy (non-hydrogen) atoms. The zero-order chi connectivity index (χ0) is 22.1. The molecule has 0 unspecified atom stereocenters. The van der Waals surface area contributed by atoms with Gasteiger partial charge in [-0.1, -0.05) is 53.5 Å². The fourth-order valence-electron chi connectivity index (χ4n) is 3.53. The first kappa shape index (κ1) is 21.0. The molecule has 0 spiro atoms. The van der Waals surface area contributed by atoms with E-state index < -0.39 is 11.8 Å². The van der Waals surface area contributed by atoms with E-state index in [1.54, 1.807) is 61.5 Å². The summed E-state index contributed by atoms with van der Waals surface area (Å²) in [5, 5.41) is 0.665. The summed E-state index contributed by atoms with van der Waals surface area (Å²) in [6.45, 7) is 0. The molecule has 0 N–H and O–H groups in total. The Hall–Kier alpha value is -3.28. The first-order chi connectivity index (χ1) is 14.9. The van der Waals surface area contributed by atoms with E-state index >= 15 is 0 Å². The van der Waals surface area contributed by atoms with Crippen molar-refractivity contribution < 1.29 is 14.3 Å². The molecule has 1 aliphatic rings. The van der Waals surface area contributed by atoms with Crippen molar-refractivity contribution in [2.45, 2.75) is 0 Å². The number of nitrogens with zero attached hydrogens (tertiary/aromatic N) is 2. The number of carbonyl (C=O) groups is 2. The SMILES string of the molecule is COc1ccc(C2=C(N(C)c3ccccc3)C(=O)N(c3cc(Cl)cc(Cl)c3)C2=O)cc1. The molecule has 0 aromatic heterocycles. The maximum absolute atomic E-state index is 13.6. The van der Waals surface area contributed by atoms with Gasteiger partial charge in [0.1, 0.15) is 11.4 Å². The average Bonchev–Trinajstić information content (AvgIpc) is 3.03. The smallest absolute Gasteiger partial charge is 0.282 e. The van der Waals surface area contributed by atoms with Crippen molar-refractivity contribution in [3.8, 4) is 5.75 Å². The quantitative estimate of drug-likeness (QED) is 0.484. The van der Waals surface area contributed by atoms with E-state index in [2.05, 4.69) is 0 Å². The maximum atomic E-state index is 13.6. The van der Waals surface area contributed by atoms with Crippen LogP contribution in [0.5, 0.6) is 5.75 Å². The van der Waals surface area contributed by atoms with Gasteiger partial charge in [-0.3, -0.25) is 9.59 Å². The summed E-state index contributed by atoms with van der Waals surface area (Å²) in [5.41, 5.74) is 2.24. The number of benzene rings is 3. The molecule has 0 aliphatic carbocycles. The molecule has 1 aliphatic heterocycles. The normalized spacial score (nSPS) is 13.7. The Bertz CT molecular complexity index is 1170. The minimum Gasteiger partial charge on any atom is -0.497 e. The molecule has 5 nitrogen and oxygen atoms in total. The zero-order valence-corrected chi connectivity index (χ0v) is 18.3. The molecular formula is C24H18Cl2N2O3. The number of halogens is 2. The van der Waals surface area contributed by atoms with Crippen molar-refractivity contribution in [1.29, 1.82) is 0 Å². The summed E-state index contributed by atoms with van der Waals surface area (Å²) >= 11 is 12.3. The number of imide groups is 1. The molecule has 156 valence electrons. The monoisotopic (exact) mass is 452 g/mol. The summed E-state index contributed by atoms with van der Waals surface area (Å²) in [5.74, 6) is -0.260. The third-order valence-electron chi connectivity index (χ3n) is 5.02. The Morgan fingerprint density at radius 3 is 2.03 bits per heavy atom. The van der Waals surface area contributed by atoms with E-state index in [1.807, 2.05) is 30.3 Å². The molecule has 4 rings (SSSR count). The van der Waals surface area contributed by atoms with Crippen LogP contribution in [0, 0.1) is 0 Å². The van der Waals surface area contributed by atoms with Gasteiger partial charge in [0, 0.05) is 22.8 Å². The lowest BCUT2D eigenvalue weighted by atomic mass is 10.0. The van der Waals surface area contributed by atoms with Gasteiger partial charge < -0.3 is 9.64 Å². The summed E-state index contributed by atoms with van der Waals surface area (Å²) < 4.78 is 5.22. The second-order valence-electron chi connectivity index (χ2n) is 6.92. The standard InChI is InChI=1S/C24H18Cl2N2O3/c1-27(18-6-4-3-5-7-18)22-21(15-8-10-20(31-2)11-9-15)23(29)28(24(22)30)19-13-16(25)12-17(26)14-19/h3-14H,1-2H3. The van der Waals surface area contributed by atoms with Crippen LogP contribution in [0.4, 0.5) is 11.4 Å². The van der Waals surface area contributed by atoms with Crippen molar-refractivity contribution >= 4 is 52.0 Å². The second kappa shape index (κ2) is 8.46. The van der Waals surface area contributed by atoms with E-state index in [0.29, 0.717) is 27.0 Å². The minimum absolute atomic E-state index is 0.262. The Morgan fingerprint density at radius 2 is 1.45 bits per heavy atom. The molecule has 1 heterocycles. The number of likely N-dealkylation sites (N-methyl/N-ethyl adjacent to an activating group) is 1. The van der Waals surface area contributed by atoms with Crippen LogP contribution in [-0.2, 0) is 9.59 Å². The Balaban J connectivity index is 1.88. The molecule has 0 bridgehead atoms. The Labute approximate surface area is 190 Å². The van der Waals surface area contributed by atoms with Crippen LogP contribution in [-0.4, -0.2) is 26.0 Å². The number of anilines is 2. The molecule has 2 amide bonds. The van der Waals surface area contributed by atoms with Crippen molar-refractivity contribution in [2.75, 3.05) is 24.0 Å². The molecule has 0 saturated heterocycles. The van der Waals surface area contributed by atoms with Crippen molar-refractivity contribution in [3.63, 3.8) is 0 Å². The van der Waals surface area contributed by atoms with Gasteiger partial charge >= 0.3 is 0 Å². The van der Waals surface area contributed by atoms with Crippen LogP contribution >= 0.6 is 23.2 Å². The van der Waals surface area contributed by atoms with E-state index in [9.17, 15) is 9.59 Å². The largest absolute Gasteiger partial charge is 0.497 e. The lowest BCUT2D eigenvalue weighted by Gasteiger charge is -2.21. The number of methoxy groups -OCH3 is 1. The van der Waals surface area contributed by atoms with Crippen molar-refractivity contribution in [3.05, 3.63) is 94.1 Å². The first-order valence-corrected chi connectivity index (χ1v) is 10.2. The molecule has 3 aromatic rings. The Morgan fingerprint density at radius 1 is 0.839 bits per heavy atom. The van der Waals surface area contributed by atoms with Gasteiger partial charge in [0.2, 0.25) is 0 Å². The second-order valence-corrected chi connectivity index (χ2v) is 7.79. The predicted octanol–water partition coefficient (Wildman–Crippen LogP) is 5.42. The van der Waals surface area contributed by atoms with Gasteiger partial charge in [-0.2, -0.15) is 0 Å². The maximum Gasteiger partial charge on any atom is 0.282 e. The number of rotatable bonds is 5. The number of ether oxygens (including phenoxy) is 1. The van der Waals surface area contributed by atoms with Crippen molar-refractivity contribution in [2.24, 2.45) is 0 Å². The fraction of sp³-hybridized carbons (Fsp3) is 0.0833. The van der Waals surface area contributed by atoms with E-state index in [1.165, 1.54) is 0 Å². The van der Waals surface area contributed by atoms with E-state index in [0.717, 1.165) is 10.6 Å². The average molecular weight is 453 g/mol. The molecular weight excluding hydrogens is 435 g/mol. The molecule has 0 atom stereocenters. The van der Waals surface area contributed by atoms with E-state index in [-0.39, 0.29) is 11.3 Å². The van der Waals surface area contributed by atoms with Gasteiger partial charge in [-0.25, -0.2) is 4.90 Å². The molecule has 0 fully saturated rings. The molecule has 0 radical (unpaired) electrons. The molecule has 3 aromatic carbocycles. The topological polar surface area (TPSA) is 49.9 Å². The number of hydrogen-bond acceptors (Lipinski definition) is 4.